The van der Waals surface area contributed by atoms with E-state index in [0.29, 0.717) is 6.10 Å². The fourth-order valence-corrected chi connectivity index (χ4v) is 3.60. The smallest absolute Gasteiger partial charge is 0.184 e. The van der Waals surface area contributed by atoms with Crippen LogP contribution in [0.3, 0.4) is 0 Å². The van der Waals surface area contributed by atoms with Crippen LogP contribution in [0.2, 0.25) is 19.6 Å². The minimum absolute atomic E-state index is 0.546. The third kappa shape index (κ3) is 12.6. The highest BCUT2D eigenvalue weighted by atomic mass is 28.4. The minimum Gasteiger partial charge on any atom is -0.415 e. The third-order valence-electron chi connectivity index (χ3n) is 3.28. The van der Waals surface area contributed by atoms with E-state index in [1.807, 2.05) is 0 Å². The molecule has 0 saturated heterocycles. The van der Waals surface area contributed by atoms with E-state index in [0.717, 1.165) is 0 Å². The third-order valence-corrected chi connectivity index (χ3v) is 4.32. The Morgan fingerprint density at radius 2 is 1.17 bits per heavy atom. The first-order chi connectivity index (χ1) is 8.49. The molecule has 0 aromatic carbocycles. The van der Waals surface area contributed by atoms with Crippen molar-refractivity contribution < 1.29 is 4.43 Å². The molecule has 0 amide bonds. The standard InChI is InChI=1S/C16H36OSi/c1-6-8-10-11-13-15-16(14-12-9-7-2)17-18(3,4)5/h16H,6-15H2,1-5H3. The zero-order valence-electron chi connectivity index (χ0n) is 13.6. The van der Waals surface area contributed by atoms with Crippen molar-refractivity contribution in [3.8, 4) is 0 Å². The molecule has 1 nitrogen and oxygen atoms in total. The van der Waals surface area contributed by atoms with Crippen LogP contribution in [0.1, 0.15) is 78.1 Å². The molecule has 0 aromatic heterocycles. The summed E-state index contributed by atoms with van der Waals surface area (Å²) < 4.78 is 6.33. The number of unbranched alkanes of at least 4 members (excludes halogenated alkanes) is 6. The molecule has 0 N–H and O–H groups in total. The van der Waals surface area contributed by atoms with Crippen molar-refractivity contribution >= 4 is 8.32 Å². The van der Waals surface area contributed by atoms with E-state index in [2.05, 4.69) is 33.5 Å². The van der Waals surface area contributed by atoms with Crippen LogP contribution in [0.15, 0.2) is 0 Å². The minimum atomic E-state index is -1.36. The van der Waals surface area contributed by atoms with Crippen molar-refractivity contribution in [1.82, 2.24) is 0 Å². The summed E-state index contributed by atoms with van der Waals surface area (Å²) in [5.41, 5.74) is 0. The first kappa shape index (κ1) is 18.2. The fourth-order valence-electron chi connectivity index (χ4n) is 2.36. The lowest BCUT2D eigenvalue weighted by Crippen LogP contribution is -2.32. The highest BCUT2D eigenvalue weighted by molar-refractivity contribution is 6.69. The van der Waals surface area contributed by atoms with E-state index in [1.54, 1.807) is 0 Å². The molecule has 0 heterocycles. The lowest BCUT2D eigenvalue weighted by molar-refractivity contribution is 0.165. The van der Waals surface area contributed by atoms with Crippen molar-refractivity contribution in [3.05, 3.63) is 0 Å². The molecule has 0 bridgehead atoms. The van der Waals surface area contributed by atoms with E-state index in [9.17, 15) is 0 Å². The summed E-state index contributed by atoms with van der Waals surface area (Å²) in [5, 5.41) is 0. The molecular weight excluding hydrogens is 236 g/mol. The second-order valence-electron chi connectivity index (χ2n) is 6.55. The summed E-state index contributed by atoms with van der Waals surface area (Å²) in [5.74, 6) is 0. The monoisotopic (exact) mass is 272 g/mol. The van der Waals surface area contributed by atoms with Gasteiger partial charge in [0.2, 0.25) is 0 Å². The summed E-state index contributed by atoms with van der Waals surface area (Å²) in [4.78, 5) is 0. The van der Waals surface area contributed by atoms with E-state index < -0.39 is 8.32 Å². The van der Waals surface area contributed by atoms with Crippen molar-refractivity contribution in [2.75, 3.05) is 0 Å². The number of rotatable bonds is 12. The maximum Gasteiger partial charge on any atom is 0.184 e. The molecule has 18 heavy (non-hydrogen) atoms. The summed E-state index contributed by atoms with van der Waals surface area (Å²) in [6.07, 6.45) is 14.0. The van der Waals surface area contributed by atoms with Crippen LogP contribution in [0, 0.1) is 0 Å². The second-order valence-corrected chi connectivity index (χ2v) is 11.0. The molecule has 0 aliphatic rings. The molecule has 0 rings (SSSR count). The van der Waals surface area contributed by atoms with Crippen LogP contribution in [-0.2, 0) is 4.43 Å². The molecule has 110 valence electrons. The van der Waals surface area contributed by atoms with Gasteiger partial charge in [-0.2, -0.15) is 0 Å². The topological polar surface area (TPSA) is 9.23 Å². The van der Waals surface area contributed by atoms with Gasteiger partial charge in [0.25, 0.3) is 0 Å². The number of hydrogen-bond donors (Lipinski definition) is 0. The molecule has 0 radical (unpaired) electrons. The summed E-state index contributed by atoms with van der Waals surface area (Å²) in [7, 11) is -1.36. The molecule has 0 aliphatic heterocycles. The zero-order chi connectivity index (χ0) is 13.9. The van der Waals surface area contributed by atoms with Crippen molar-refractivity contribution in [2.24, 2.45) is 0 Å². The van der Waals surface area contributed by atoms with E-state index in [1.165, 1.54) is 64.2 Å². The van der Waals surface area contributed by atoms with Crippen molar-refractivity contribution in [3.63, 3.8) is 0 Å². The van der Waals surface area contributed by atoms with Gasteiger partial charge in [-0.1, -0.05) is 65.2 Å². The molecule has 2 heteroatoms. The molecule has 1 unspecified atom stereocenters. The van der Waals surface area contributed by atoms with Crippen LogP contribution in [-0.4, -0.2) is 14.4 Å². The van der Waals surface area contributed by atoms with Gasteiger partial charge in [0.1, 0.15) is 0 Å². The van der Waals surface area contributed by atoms with E-state index >= 15 is 0 Å². The Labute approximate surface area is 117 Å². The lowest BCUT2D eigenvalue weighted by Gasteiger charge is -2.26. The highest BCUT2D eigenvalue weighted by Gasteiger charge is 2.20. The number of hydrogen-bond acceptors (Lipinski definition) is 1. The van der Waals surface area contributed by atoms with Crippen LogP contribution in [0.4, 0.5) is 0 Å². The van der Waals surface area contributed by atoms with Crippen molar-refractivity contribution in [1.29, 1.82) is 0 Å². The second kappa shape index (κ2) is 11.0. The predicted octanol–water partition coefficient (Wildman–Crippen LogP) is 6.15. The largest absolute Gasteiger partial charge is 0.415 e. The van der Waals surface area contributed by atoms with Crippen LogP contribution < -0.4 is 0 Å². The van der Waals surface area contributed by atoms with Gasteiger partial charge in [0.15, 0.2) is 8.32 Å². The molecular formula is C16H36OSi. The van der Waals surface area contributed by atoms with E-state index in [-0.39, 0.29) is 0 Å². The molecule has 0 spiro atoms. The van der Waals surface area contributed by atoms with Gasteiger partial charge in [-0.3, -0.25) is 0 Å². The van der Waals surface area contributed by atoms with Crippen LogP contribution in [0.25, 0.3) is 0 Å². The molecule has 0 aliphatic carbocycles. The van der Waals surface area contributed by atoms with Gasteiger partial charge < -0.3 is 4.43 Å². The van der Waals surface area contributed by atoms with Crippen molar-refractivity contribution in [2.45, 2.75) is 104 Å². The Balaban J connectivity index is 3.81. The summed E-state index contributed by atoms with van der Waals surface area (Å²) >= 11 is 0. The van der Waals surface area contributed by atoms with Gasteiger partial charge in [0, 0.05) is 6.10 Å². The normalized spacial score (nSPS) is 13.8. The first-order valence-corrected chi connectivity index (χ1v) is 11.6. The SMILES string of the molecule is CCCCCCCC(CCCCC)O[Si](C)(C)C. The van der Waals surface area contributed by atoms with Gasteiger partial charge in [0.05, 0.1) is 0 Å². The average Bonchev–Trinajstić information content (AvgIpc) is 2.27. The van der Waals surface area contributed by atoms with E-state index in [4.69, 9.17) is 4.43 Å². The Morgan fingerprint density at radius 3 is 1.67 bits per heavy atom. The summed E-state index contributed by atoms with van der Waals surface area (Å²) in [6, 6.07) is 0. The molecule has 1 atom stereocenters. The Kier molecular flexibility index (Phi) is 11.1. The Morgan fingerprint density at radius 1 is 0.722 bits per heavy atom. The molecule has 0 aromatic rings. The molecule has 0 saturated carbocycles. The maximum absolute atomic E-state index is 6.33. The van der Waals surface area contributed by atoms with Gasteiger partial charge >= 0.3 is 0 Å². The zero-order valence-corrected chi connectivity index (χ0v) is 14.6. The Hall–Kier alpha value is 0.177. The van der Waals surface area contributed by atoms with Gasteiger partial charge in [-0.25, -0.2) is 0 Å². The van der Waals surface area contributed by atoms with Gasteiger partial charge in [-0.05, 0) is 32.5 Å². The first-order valence-electron chi connectivity index (χ1n) is 8.17. The van der Waals surface area contributed by atoms with Crippen LogP contribution >= 0.6 is 0 Å². The average molecular weight is 273 g/mol. The van der Waals surface area contributed by atoms with Gasteiger partial charge in [-0.15, -0.1) is 0 Å². The predicted molar refractivity (Wildman–Crippen MR) is 85.7 cm³/mol. The quantitative estimate of drug-likeness (QED) is 0.306. The Bertz CT molecular complexity index is 174. The fraction of sp³-hybridized carbons (Fsp3) is 1.00. The van der Waals surface area contributed by atoms with Crippen LogP contribution in [0.5, 0.6) is 0 Å². The summed E-state index contributed by atoms with van der Waals surface area (Å²) in [6.45, 7) is 11.5. The lowest BCUT2D eigenvalue weighted by atomic mass is 10.0. The molecule has 0 fully saturated rings. The highest BCUT2D eigenvalue weighted by Crippen LogP contribution is 2.19. The maximum atomic E-state index is 6.33.